The first-order valence-electron chi connectivity index (χ1n) is 9.25. The summed E-state index contributed by atoms with van der Waals surface area (Å²) >= 11 is 0. The molecule has 7 nitrogen and oxygen atoms in total. The lowest BCUT2D eigenvalue weighted by Crippen LogP contribution is -2.17. The van der Waals surface area contributed by atoms with Gasteiger partial charge in [-0.25, -0.2) is 9.48 Å². The van der Waals surface area contributed by atoms with Crippen LogP contribution >= 0.6 is 0 Å². The number of aromatic carboxylic acids is 1. The molecule has 150 valence electrons. The van der Waals surface area contributed by atoms with Gasteiger partial charge in [-0.3, -0.25) is 14.9 Å². The highest BCUT2D eigenvalue weighted by Crippen LogP contribution is 2.22. The van der Waals surface area contributed by atoms with Crippen molar-refractivity contribution in [3.05, 3.63) is 80.8 Å². The minimum Gasteiger partial charge on any atom is -0.478 e. The fraction of sp³-hybridized carbons (Fsp3) is 0.227. The van der Waals surface area contributed by atoms with Crippen LogP contribution in [-0.4, -0.2) is 32.2 Å². The summed E-state index contributed by atoms with van der Waals surface area (Å²) in [5.74, 6) is -1.04. The highest BCUT2D eigenvalue weighted by Gasteiger charge is 2.17. The quantitative estimate of drug-likeness (QED) is 0.557. The van der Waals surface area contributed by atoms with Gasteiger partial charge in [-0.2, -0.15) is 0 Å². The van der Waals surface area contributed by atoms with Gasteiger partial charge >= 0.3 is 5.97 Å². The Hall–Kier alpha value is -3.45. The van der Waals surface area contributed by atoms with Crippen molar-refractivity contribution >= 4 is 17.9 Å². The Morgan fingerprint density at radius 2 is 1.90 bits per heavy atom. The zero-order valence-corrected chi connectivity index (χ0v) is 16.5. The van der Waals surface area contributed by atoms with Crippen LogP contribution in [0, 0.1) is 6.92 Å². The Kier molecular flexibility index (Phi) is 5.79. The first-order valence-corrected chi connectivity index (χ1v) is 9.25. The van der Waals surface area contributed by atoms with Gasteiger partial charge in [-0.1, -0.05) is 37.6 Å². The van der Waals surface area contributed by atoms with E-state index in [-0.39, 0.29) is 29.3 Å². The van der Waals surface area contributed by atoms with E-state index in [9.17, 15) is 19.8 Å². The van der Waals surface area contributed by atoms with E-state index in [1.54, 1.807) is 42.5 Å². The minimum absolute atomic E-state index is 0.0269. The maximum Gasteiger partial charge on any atom is 0.337 e. The van der Waals surface area contributed by atoms with Crippen LogP contribution in [0.4, 0.5) is 5.69 Å². The van der Waals surface area contributed by atoms with Gasteiger partial charge in [0.15, 0.2) is 0 Å². The molecular weight excluding hydrogens is 370 g/mol. The molecule has 3 rings (SSSR count). The second-order valence-corrected chi connectivity index (χ2v) is 7.14. The summed E-state index contributed by atoms with van der Waals surface area (Å²) in [6.45, 7) is 5.65. The lowest BCUT2D eigenvalue weighted by Gasteiger charge is -2.05. The van der Waals surface area contributed by atoms with Crippen molar-refractivity contribution < 1.29 is 15.0 Å². The molecule has 29 heavy (non-hydrogen) atoms. The summed E-state index contributed by atoms with van der Waals surface area (Å²) in [6.07, 6.45) is 1.42. The van der Waals surface area contributed by atoms with Crippen molar-refractivity contribution in [2.45, 2.75) is 33.3 Å². The fourth-order valence-electron chi connectivity index (χ4n) is 3.03. The molecule has 1 heterocycles. The number of nitrogens with one attached hydrogen (secondary N) is 1. The molecule has 0 saturated heterocycles. The Morgan fingerprint density at radius 3 is 2.48 bits per heavy atom. The van der Waals surface area contributed by atoms with Crippen LogP contribution in [0.2, 0.25) is 0 Å². The van der Waals surface area contributed by atoms with Gasteiger partial charge in [0.25, 0.3) is 5.56 Å². The van der Waals surface area contributed by atoms with Crippen molar-refractivity contribution in [2.24, 2.45) is 4.99 Å². The van der Waals surface area contributed by atoms with E-state index in [0.29, 0.717) is 16.9 Å². The number of benzene rings is 2. The average molecular weight is 393 g/mol. The van der Waals surface area contributed by atoms with E-state index in [0.717, 1.165) is 11.1 Å². The number of aromatic nitrogens is 2. The third-order valence-electron chi connectivity index (χ3n) is 4.63. The Morgan fingerprint density at radius 1 is 1.21 bits per heavy atom. The molecular formula is C22H23N3O4. The molecule has 0 amide bonds. The number of carboxylic acids is 1. The fourth-order valence-corrected chi connectivity index (χ4v) is 3.03. The van der Waals surface area contributed by atoms with Crippen molar-refractivity contribution in [3.63, 3.8) is 0 Å². The second-order valence-electron chi connectivity index (χ2n) is 7.14. The molecule has 0 saturated carbocycles. The summed E-state index contributed by atoms with van der Waals surface area (Å²) in [5, 5.41) is 21.7. The van der Waals surface area contributed by atoms with Crippen LogP contribution < -0.4 is 5.56 Å². The first-order chi connectivity index (χ1) is 13.8. The molecule has 0 bridgehead atoms. The molecule has 0 fully saturated rings. The second kappa shape index (κ2) is 8.28. The van der Waals surface area contributed by atoms with E-state index in [4.69, 9.17) is 0 Å². The Balaban J connectivity index is 2.08. The maximum atomic E-state index is 13.0. The van der Waals surface area contributed by atoms with Crippen LogP contribution in [0.1, 0.15) is 52.5 Å². The van der Waals surface area contributed by atoms with Gasteiger partial charge < -0.3 is 10.2 Å². The highest BCUT2D eigenvalue weighted by molar-refractivity contribution is 5.95. The predicted octanol–water partition coefficient (Wildman–Crippen LogP) is 3.54. The molecule has 0 unspecified atom stereocenters. The largest absolute Gasteiger partial charge is 0.478 e. The minimum atomic E-state index is -1.07. The van der Waals surface area contributed by atoms with E-state index in [2.05, 4.69) is 10.1 Å². The number of aliphatic hydroxyl groups is 1. The number of H-pyrrole nitrogens is 1. The molecule has 0 spiro atoms. The smallest absolute Gasteiger partial charge is 0.337 e. The molecule has 0 atom stereocenters. The number of aromatic amines is 1. The Bertz CT molecular complexity index is 1120. The Labute approximate surface area is 168 Å². The van der Waals surface area contributed by atoms with Crippen LogP contribution in [0.3, 0.4) is 0 Å². The first kappa shape index (κ1) is 20.3. The number of hydrogen-bond donors (Lipinski definition) is 3. The number of nitrogens with zero attached hydrogens (tertiary/aromatic N) is 2. The van der Waals surface area contributed by atoms with Crippen molar-refractivity contribution in [3.8, 4) is 5.69 Å². The normalized spacial score (nSPS) is 11.5. The number of carbonyl (C=O) groups is 1. The van der Waals surface area contributed by atoms with Crippen LogP contribution in [0.5, 0.6) is 0 Å². The standard InChI is InChI=1S/C22H23N3O4/c1-13(2)20-18(11-23-19-9-4-14(3)10-17(19)22(28)29)21(27)25(24-20)16-7-5-15(12-26)6-8-16/h4-11,13,24,26H,12H2,1-3H3,(H,28,29). The van der Waals surface area contributed by atoms with E-state index >= 15 is 0 Å². The van der Waals surface area contributed by atoms with Gasteiger partial charge in [0.2, 0.25) is 0 Å². The summed E-state index contributed by atoms with van der Waals surface area (Å²) in [6, 6.07) is 11.9. The van der Waals surface area contributed by atoms with Crippen molar-refractivity contribution in [1.29, 1.82) is 0 Å². The molecule has 0 aliphatic rings. The number of aliphatic hydroxyl groups excluding tert-OH is 1. The van der Waals surface area contributed by atoms with Gasteiger partial charge in [-0.15, -0.1) is 0 Å². The third kappa shape index (κ3) is 4.20. The predicted molar refractivity (Wildman–Crippen MR) is 112 cm³/mol. The number of aliphatic imine (C=N–C) groups is 1. The van der Waals surface area contributed by atoms with Crippen molar-refractivity contribution in [2.75, 3.05) is 0 Å². The lowest BCUT2D eigenvalue weighted by molar-refractivity contribution is 0.0697. The summed E-state index contributed by atoms with van der Waals surface area (Å²) in [5.41, 5.74) is 3.38. The summed E-state index contributed by atoms with van der Waals surface area (Å²) in [7, 11) is 0. The summed E-state index contributed by atoms with van der Waals surface area (Å²) < 4.78 is 1.42. The molecule has 0 radical (unpaired) electrons. The SMILES string of the molecule is Cc1ccc(N=Cc2c(C(C)C)[nH]n(-c3ccc(CO)cc3)c2=O)c(C(=O)O)c1. The number of aryl methyl sites for hydroxylation is 1. The topological polar surface area (TPSA) is 108 Å². The van der Waals surface area contributed by atoms with Crippen LogP contribution in [0.15, 0.2) is 52.3 Å². The average Bonchev–Trinajstić information content (AvgIpc) is 3.03. The number of carboxylic acid groups (broad SMARTS) is 1. The number of hydrogen-bond acceptors (Lipinski definition) is 4. The summed E-state index contributed by atoms with van der Waals surface area (Å²) in [4.78, 5) is 28.8. The van der Waals surface area contributed by atoms with E-state index < -0.39 is 5.97 Å². The molecule has 3 N–H and O–H groups in total. The van der Waals surface area contributed by atoms with Gasteiger partial charge in [0, 0.05) is 11.9 Å². The van der Waals surface area contributed by atoms with Crippen molar-refractivity contribution in [1.82, 2.24) is 9.78 Å². The van der Waals surface area contributed by atoms with Gasteiger partial charge in [0.05, 0.1) is 29.1 Å². The van der Waals surface area contributed by atoms with Gasteiger partial charge in [0.1, 0.15) is 0 Å². The number of rotatable bonds is 6. The molecule has 1 aromatic heterocycles. The molecule has 0 aliphatic heterocycles. The van der Waals surface area contributed by atoms with Crippen LogP contribution in [0.25, 0.3) is 5.69 Å². The zero-order chi connectivity index (χ0) is 21.1. The third-order valence-corrected chi connectivity index (χ3v) is 4.63. The zero-order valence-electron chi connectivity index (χ0n) is 16.5. The molecule has 2 aromatic carbocycles. The van der Waals surface area contributed by atoms with Gasteiger partial charge in [-0.05, 0) is 42.7 Å². The molecule has 0 aliphatic carbocycles. The van der Waals surface area contributed by atoms with E-state index in [1.165, 1.54) is 10.9 Å². The molecule has 3 aromatic rings. The monoisotopic (exact) mass is 393 g/mol. The van der Waals surface area contributed by atoms with Crippen LogP contribution in [-0.2, 0) is 6.61 Å². The highest BCUT2D eigenvalue weighted by atomic mass is 16.4. The molecule has 7 heteroatoms. The lowest BCUT2D eigenvalue weighted by atomic mass is 10.1. The van der Waals surface area contributed by atoms with E-state index in [1.807, 2.05) is 20.8 Å². The maximum absolute atomic E-state index is 13.0.